The third-order valence-corrected chi connectivity index (χ3v) is 9.67. The zero-order chi connectivity index (χ0) is 42.3. The van der Waals surface area contributed by atoms with Crippen LogP contribution in [0.4, 0.5) is 5.69 Å². The fourth-order valence-electron chi connectivity index (χ4n) is 6.86. The number of hydrogen-bond acceptors (Lipinski definition) is 11. The van der Waals surface area contributed by atoms with Gasteiger partial charge in [-0.05, 0) is 49.1 Å². The maximum atomic E-state index is 13.6. The number of carboxylic acid groups (broad SMARTS) is 4. The number of carbonyl (C=O) groups excluding carboxylic acids is 2. The van der Waals surface area contributed by atoms with Crippen molar-refractivity contribution in [3.8, 4) is 0 Å². The Morgan fingerprint density at radius 1 is 0.632 bits per heavy atom. The van der Waals surface area contributed by atoms with Crippen LogP contribution in [0.2, 0.25) is 0 Å². The Bertz CT molecular complexity index is 1580. The van der Waals surface area contributed by atoms with Crippen molar-refractivity contribution in [1.29, 1.82) is 0 Å². The second-order valence-electron chi connectivity index (χ2n) is 13.4. The van der Waals surface area contributed by atoms with Gasteiger partial charge in [-0.3, -0.25) is 48.4 Å². The minimum absolute atomic E-state index is 0.0411. The highest BCUT2D eigenvalue weighted by molar-refractivity contribution is 5.94. The highest BCUT2D eigenvalue weighted by atomic mass is 16.4. The van der Waals surface area contributed by atoms with Crippen LogP contribution in [0.15, 0.2) is 48.5 Å². The number of rotatable bonds is 14. The molecule has 2 heterocycles. The molecule has 0 aliphatic carbocycles. The van der Waals surface area contributed by atoms with E-state index in [-0.39, 0.29) is 104 Å². The monoisotopic (exact) mass is 799 g/mol. The van der Waals surface area contributed by atoms with E-state index >= 15 is 0 Å². The normalized spacial score (nSPS) is 16.5. The van der Waals surface area contributed by atoms with E-state index in [1.54, 1.807) is 24.5 Å². The van der Waals surface area contributed by atoms with E-state index < -0.39 is 35.8 Å². The van der Waals surface area contributed by atoms with Crippen LogP contribution in [0, 0.1) is 0 Å². The SMILES string of the molecule is CC.CN.O=C(O)CN1CCN(CC(=O)O)CCN(C(CCC(=O)NCCC(=O)N2Cc3ccccc3CCc3ccccc32)C(=O)O)CCN(CC(=O)O)CC1. The predicted molar refractivity (Wildman–Crippen MR) is 215 cm³/mol. The molecule has 1 atom stereocenters. The van der Waals surface area contributed by atoms with Crippen molar-refractivity contribution in [1.82, 2.24) is 24.9 Å². The molecule has 1 unspecified atom stereocenters. The molecule has 0 aromatic heterocycles. The van der Waals surface area contributed by atoms with Crippen molar-refractivity contribution in [2.45, 2.75) is 58.5 Å². The van der Waals surface area contributed by atoms with E-state index in [0.717, 1.165) is 29.7 Å². The van der Waals surface area contributed by atoms with Gasteiger partial charge < -0.3 is 36.4 Å². The number of benzene rings is 2. The highest BCUT2D eigenvalue weighted by Crippen LogP contribution is 2.29. The number of nitrogens with one attached hydrogen (secondary N) is 1. The Balaban J connectivity index is 0.00000271. The summed E-state index contributed by atoms with van der Waals surface area (Å²) in [5, 5.41) is 41.4. The minimum atomic E-state index is -1.18. The van der Waals surface area contributed by atoms with E-state index in [1.807, 2.05) is 56.3 Å². The molecule has 57 heavy (non-hydrogen) atoms. The van der Waals surface area contributed by atoms with Gasteiger partial charge in [-0.25, -0.2) is 0 Å². The number of carboxylic acids is 4. The second-order valence-corrected chi connectivity index (χ2v) is 13.4. The quantitative estimate of drug-likeness (QED) is 0.157. The number of anilines is 1. The first kappa shape index (κ1) is 48.2. The van der Waals surface area contributed by atoms with Gasteiger partial charge in [0.25, 0.3) is 0 Å². The zero-order valence-corrected chi connectivity index (χ0v) is 33.5. The summed E-state index contributed by atoms with van der Waals surface area (Å²) in [6.45, 7) is 4.82. The smallest absolute Gasteiger partial charge is 0.320 e. The molecule has 1 fully saturated rings. The van der Waals surface area contributed by atoms with Crippen LogP contribution >= 0.6 is 0 Å². The van der Waals surface area contributed by atoms with Crippen molar-refractivity contribution in [2.75, 3.05) is 90.5 Å². The average molecular weight is 800 g/mol. The number of carbonyl (C=O) groups is 6. The molecule has 0 bridgehead atoms. The maximum absolute atomic E-state index is 13.6. The lowest BCUT2D eigenvalue weighted by Crippen LogP contribution is -2.52. The van der Waals surface area contributed by atoms with E-state index in [9.17, 15) is 49.2 Å². The van der Waals surface area contributed by atoms with E-state index in [1.165, 1.54) is 12.6 Å². The molecule has 2 aromatic carbocycles. The molecular weight excluding hydrogens is 738 g/mol. The lowest BCUT2D eigenvalue weighted by Gasteiger charge is -2.35. The van der Waals surface area contributed by atoms with Gasteiger partial charge in [-0.2, -0.15) is 0 Å². The Hall–Kier alpha value is -4.94. The largest absolute Gasteiger partial charge is 0.480 e. The Kier molecular flexibility index (Phi) is 22.0. The summed E-state index contributed by atoms with van der Waals surface area (Å²) in [6, 6.07) is 14.7. The van der Waals surface area contributed by atoms with Crippen molar-refractivity contribution in [2.24, 2.45) is 5.73 Å². The van der Waals surface area contributed by atoms with Crippen molar-refractivity contribution in [3.63, 3.8) is 0 Å². The average Bonchev–Trinajstić information content (AvgIpc) is 3.17. The number of amides is 2. The summed E-state index contributed by atoms with van der Waals surface area (Å²) < 4.78 is 0. The van der Waals surface area contributed by atoms with Crippen LogP contribution in [-0.2, 0) is 48.2 Å². The van der Waals surface area contributed by atoms with Crippen LogP contribution in [-0.4, -0.2) is 167 Å². The number of para-hydroxylation sites is 1. The summed E-state index contributed by atoms with van der Waals surface area (Å²) in [4.78, 5) is 82.0. The minimum Gasteiger partial charge on any atom is -0.480 e. The summed E-state index contributed by atoms with van der Waals surface area (Å²) in [5.41, 5.74) is 8.66. The zero-order valence-electron chi connectivity index (χ0n) is 33.5. The Morgan fingerprint density at radius 3 is 1.56 bits per heavy atom. The molecule has 0 spiro atoms. The highest BCUT2D eigenvalue weighted by Gasteiger charge is 2.29. The van der Waals surface area contributed by atoms with Gasteiger partial charge in [0.05, 0.1) is 26.2 Å². The van der Waals surface area contributed by atoms with Crippen LogP contribution < -0.4 is 16.0 Å². The number of fused-ring (bicyclic) bond motifs is 2. The molecule has 2 aliphatic rings. The van der Waals surface area contributed by atoms with Gasteiger partial charge in [0, 0.05) is 77.4 Å². The number of aryl methyl sites for hydroxylation is 2. The molecule has 0 saturated carbocycles. The summed E-state index contributed by atoms with van der Waals surface area (Å²) in [6.07, 6.45) is 1.48. The van der Waals surface area contributed by atoms with Gasteiger partial charge >= 0.3 is 23.9 Å². The Labute approximate surface area is 335 Å². The molecule has 0 radical (unpaired) electrons. The van der Waals surface area contributed by atoms with Crippen LogP contribution in [0.3, 0.4) is 0 Å². The molecule has 4 rings (SSSR count). The lowest BCUT2D eigenvalue weighted by molar-refractivity contribution is -0.145. The molecule has 1 saturated heterocycles. The molecule has 2 aromatic rings. The van der Waals surface area contributed by atoms with E-state index in [2.05, 4.69) is 17.1 Å². The van der Waals surface area contributed by atoms with Crippen LogP contribution in [0.25, 0.3) is 0 Å². The standard InChI is InChI=1S/C37H50N6O10.C2H6.CH5N/c44-32(38-14-13-33(45)43-23-29-7-2-1-5-27(29)9-10-28-6-3-4-8-30(28)43)12-11-31(37(52)53)42-21-19-40(25-35(48)49)17-15-39(24-34(46)47)16-18-41(20-22-42)26-36(50)51;2*1-2/h1-8,31H,9-26H2,(H,38,44)(H,46,47)(H,48,49)(H,50,51)(H,52,53);1-2H3;2H2,1H3. The van der Waals surface area contributed by atoms with Crippen molar-refractivity contribution >= 4 is 41.4 Å². The van der Waals surface area contributed by atoms with Gasteiger partial charge in [-0.1, -0.05) is 56.3 Å². The molecular formula is C40H61N7O10. The maximum Gasteiger partial charge on any atom is 0.320 e. The molecule has 7 N–H and O–H groups in total. The first-order chi connectivity index (χ1) is 27.4. The number of nitrogens with zero attached hydrogens (tertiary/aromatic N) is 5. The number of nitrogens with two attached hydrogens (primary N) is 1. The molecule has 2 aliphatic heterocycles. The predicted octanol–water partition coefficient (Wildman–Crippen LogP) is 1.13. The first-order valence-electron chi connectivity index (χ1n) is 19.5. The second kappa shape index (κ2) is 26.1. The van der Waals surface area contributed by atoms with E-state index in [0.29, 0.717) is 6.54 Å². The lowest BCUT2D eigenvalue weighted by atomic mass is 9.95. The molecule has 2 amide bonds. The van der Waals surface area contributed by atoms with Gasteiger partial charge in [-0.15, -0.1) is 0 Å². The topological polar surface area (TPSA) is 238 Å². The summed E-state index contributed by atoms with van der Waals surface area (Å²) >= 11 is 0. The summed E-state index contributed by atoms with van der Waals surface area (Å²) in [7, 11) is 1.50. The molecule has 316 valence electrons. The summed E-state index contributed by atoms with van der Waals surface area (Å²) in [5.74, 6) is -5.01. The first-order valence-corrected chi connectivity index (χ1v) is 19.5. The third kappa shape index (κ3) is 17.0. The number of aliphatic carboxylic acids is 4. The van der Waals surface area contributed by atoms with E-state index in [4.69, 9.17) is 0 Å². The van der Waals surface area contributed by atoms with Crippen molar-refractivity contribution < 1.29 is 49.2 Å². The number of hydrogen-bond donors (Lipinski definition) is 6. The van der Waals surface area contributed by atoms with Gasteiger partial charge in [0.1, 0.15) is 6.04 Å². The Morgan fingerprint density at radius 2 is 1.07 bits per heavy atom. The fraction of sp³-hybridized carbons (Fsp3) is 0.550. The van der Waals surface area contributed by atoms with Gasteiger partial charge in [0.15, 0.2) is 0 Å². The van der Waals surface area contributed by atoms with Crippen LogP contribution in [0.5, 0.6) is 0 Å². The molecule has 17 heteroatoms. The molecule has 17 nitrogen and oxygen atoms in total. The van der Waals surface area contributed by atoms with Crippen molar-refractivity contribution in [3.05, 3.63) is 65.2 Å². The van der Waals surface area contributed by atoms with Gasteiger partial charge in [0.2, 0.25) is 11.8 Å². The fourth-order valence-corrected chi connectivity index (χ4v) is 6.86. The third-order valence-electron chi connectivity index (χ3n) is 9.67. The van der Waals surface area contributed by atoms with Crippen LogP contribution in [0.1, 0.15) is 49.8 Å².